The van der Waals surface area contributed by atoms with Gasteiger partial charge in [-0.1, -0.05) is 19.9 Å². The summed E-state index contributed by atoms with van der Waals surface area (Å²) in [6.45, 7) is 6.18. The zero-order valence-electron chi connectivity index (χ0n) is 17.9. The molecule has 3 atom stereocenters. The molecule has 6 heteroatoms. The predicted molar refractivity (Wildman–Crippen MR) is 113 cm³/mol. The standard InChI is InChI=1S/C24H30F2N2O2/c1-15(2)7-9-21-17-11-16(20-5-4-6-23(29)28(20)21)12-27(13-17)14-18-22(30-3)10-8-19(25)24(18)26/h4-6,8,10,15-17,21H,7,9,11-14H2,1-3H3/t16-,17+,21+/m1/s1. The van der Waals surface area contributed by atoms with E-state index >= 15 is 0 Å². The van der Waals surface area contributed by atoms with E-state index in [0.29, 0.717) is 24.1 Å². The van der Waals surface area contributed by atoms with Crippen LogP contribution in [0.2, 0.25) is 0 Å². The first-order valence-electron chi connectivity index (χ1n) is 10.8. The van der Waals surface area contributed by atoms with Gasteiger partial charge in [-0.2, -0.15) is 0 Å². The molecule has 0 N–H and O–H groups in total. The molecule has 30 heavy (non-hydrogen) atoms. The van der Waals surface area contributed by atoms with Gasteiger partial charge in [0, 0.05) is 48.9 Å². The monoisotopic (exact) mass is 416 g/mol. The van der Waals surface area contributed by atoms with Crippen molar-refractivity contribution in [3.63, 3.8) is 0 Å². The smallest absolute Gasteiger partial charge is 0.250 e. The molecule has 2 aliphatic heterocycles. The molecule has 3 heterocycles. The van der Waals surface area contributed by atoms with Crippen LogP contribution in [0.5, 0.6) is 5.75 Å². The Morgan fingerprint density at radius 1 is 1.17 bits per heavy atom. The average molecular weight is 417 g/mol. The Morgan fingerprint density at radius 2 is 1.97 bits per heavy atom. The minimum Gasteiger partial charge on any atom is -0.496 e. The van der Waals surface area contributed by atoms with Crippen LogP contribution in [-0.2, 0) is 6.54 Å². The van der Waals surface area contributed by atoms with Gasteiger partial charge in [0.1, 0.15) is 5.75 Å². The SMILES string of the molecule is COc1ccc(F)c(F)c1CN1C[C@H]2C[C@@H](C1)[C@H](CCC(C)C)n1c2cccc1=O. The van der Waals surface area contributed by atoms with Crippen LogP contribution in [0.4, 0.5) is 8.78 Å². The molecule has 0 unspecified atom stereocenters. The quantitative estimate of drug-likeness (QED) is 0.683. The maximum atomic E-state index is 14.5. The van der Waals surface area contributed by atoms with Crippen LogP contribution in [0.15, 0.2) is 35.1 Å². The molecule has 4 nitrogen and oxygen atoms in total. The number of hydrogen-bond donors (Lipinski definition) is 0. The van der Waals surface area contributed by atoms with Crippen LogP contribution >= 0.6 is 0 Å². The Balaban J connectivity index is 1.65. The fourth-order valence-electron chi connectivity index (χ4n) is 5.28. The van der Waals surface area contributed by atoms with Crippen molar-refractivity contribution in [2.75, 3.05) is 20.2 Å². The molecular formula is C24H30F2N2O2. The van der Waals surface area contributed by atoms with Gasteiger partial charge in [-0.05, 0) is 49.3 Å². The van der Waals surface area contributed by atoms with Gasteiger partial charge in [-0.3, -0.25) is 9.69 Å². The van der Waals surface area contributed by atoms with Crippen molar-refractivity contribution in [3.8, 4) is 5.75 Å². The number of piperidine rings is 1. The van der Waals surface area contributed by atoms with Gasteiger partial charge in [0.05, 0.1) is 7.11 Å². The second-order valence-corrected chi connectivity index (χ2v) is 9.13. The van der Waals surface area contributed by atoms with Gasteiger partial charge < -0.3 is 9.30 Å². The number of aromatic nitrogens is 1. The van der Waals surface area contributed by atoms with E-state index in [2.05, 4.69) is 24.8 Å². The topological polar surface area (TPSA) is 34.5 Å². The van der Waals surface area contributed by atoms with Crippen LogP contribution in [0.25, 0.3) is 0 Å². The van der Waals surface area contributed by atoms with Gasteiger partial charge in [0.2, 0.25) is 0 Å². The fourth-order valence-corrected chi connectivity index (χ4v) is 5.28. The molecule has 0 saturated carbocycles. The molecule has 1 fully saturated rings. The minimum atomic E-state index is -0.852. The summed E-state index contributed by atoms with van der Waals surface area (Å²) in [5.41, 5.74) is 1.41. The summed E-state index contributed by atoms with van der Waals surface area (Å²) in [7, 11) is 1.48. The number of benzene rings is 1. The van der Waals surface area contributed by atoms with Crippen molar-refractivity contribution in [1.29, 1.82) is 0 Å². The number of methoxy groups -OCH3 is 1. The molecule has 2 aliphatic rings. The zero-order chi connectivity index (χ0) is 21.4. The first-order valence-corrected chi connectivity index (χ1v) is 10.8. The van der Waals surface area contributed by atoms with Gasteiger partial charge in [0.15, 0.2) is 11.6 Å². The van der Waals surface area contributed by atoms with Crippen molar-refractivity contribution in [1.82, 2.24) is 9.47 Å². The Hall–Kier alpha value is -2.21. The lowest BCUT2D eigenvalue weighted by molar-refractivity contribution is 0.0784. The number of nitrogens with zero attached hydrogens (tertiary/aromatic N) is 2. The third-order valence-corrected chi connectivity index (χ3v) is 6.67. The third kappa shape index (κ3) is 3.89. The lowest BCUT2D eigenvalue weighted by Crippen LogP contribution is -2.49. The van der Waals surface area contributed by atoms with Crippen molar-refractivity contribution in [3.05, 3.63) is 63.6 Å². The summed E-state index contributed by atoms with van der Waals surface area (Å²) in [6, 6.07) is 8.28. The van der Waals surface area contributed by atoms with Crippen molar-refractivity contribution in [2.24, 2.45) is 11.8 Å². The van der Waals surface area contributed by atoms with Crippen LogP contribution < -0.4 is 10.3 Å². The minimum absolute atomic E-state index is 0.0715. The Kier molecular flexibility index (Phi) is 5.96. The largest absolute Gasteiger partial charge is 0.496 e. The number of rotatable bonds is 6. The lowest BCUT2D eigenvalue weighted by Gasteiger charge is -2.47. The molecule has 2 bridgehead atoms. The summed E-state index contributed by atoms with van der Waals surface area (Å²) in [5.74, 6) is -0.213. The van der Waals surface area contributed by atoms with Crippen LogP contribution in [-0.4, -0.2) is 29.7 Å². The van der Waals surface area contributed by atoms with E-state index < -0.39 is 11.6 Å². The molecule has 0 amide bonds. The van der Waals surface area contributed by atoms with Crippen LogP contribution in [0, 0.1) is 23.5 Å². The van der Waals surface area contributed by atoms with Crippen LogP contribution in [0.3, 0.4) is 0 Å². The van der Waals surface area contributed by atoms with Crippen molar-refractivity contribution >= 4 is 0 Å². The molecule has 4 rings (SSSR count). The summed E-state index contributed by atoms with van der Waals surface area (Å²) in [4.78, 5) is 14.9. The van der Waals surface area contributed by atoms with Gasteiger partial charge in [-0.15, -0.1) is 0 Å². The molecule has 1 saturated heterocycles. The maximum absolute atomic E-state index is 14.5. The van der Waals surface area contributed by atoms with E-state index in [1.807, 2.05) is 10.6 Å². The highest BCUT2D eigenvalue weighted by Gasteiger charge is 2.40. The second kappa shape index (κ2) is 8.50. The van der Waals surface area contributed by atoms with Gasteiger partial charge in [-0.25, -0.2) is 8.78 Å². The van der Waals surface area contributed by atoms with E-state index in [4.69, 9.17) is 4.74 Å². The van der Waals surface area contributed by atoms with E-state index in [9.17, 15) is 13.6 Å². The highest BCUT2D eigenvalue weighted by molar-refractivity contribution is 5.35. The third-order valence-electron chi connectivity index (χ3n) is 6.67. The van der Waals surface area contributed by atoms with E-state index in [0.717, 1.165) is 44.1 Å². The molecule has 0 radical (unpaired) electrons. The summed E-state index contributed by atoms with van der Waals surface area (Å²) >= 11 is 0. The number of pyridine rings is 1. The molecule has 0 spiro atoms. The van der Waals surface area contributed by atoms with E-state index in [1.165, 1.54) is 13.2 Å². The maximum Gasteiger partial charge on any atom is 0.250 e. The number of ether oxygens (including phenoxy) is 1. The Bertz CT molecular complexity index is 972. The van der Waals surface area contributed by atoms with Crippen LogP contribution in [0.1, 0.15) is 56.3 Å². The zero-order valence-corrected chi connectivity index (χ0v) is 17.9. The highest BCUT2D eigenvalue weighted by Crippen LogP contribution is 2.43. The fraction of sp³-hybridized carbons (Fsp3) is 0.542. The number of fused-ring (bicyclic) bond motifs is 4. The first kappa shape index (κ1) is 21.0. The first-order chi connectivity index (χ1) is 14.4. The molecule has 2 aromatic rings. The van der Waals surface area contributed by atoms with E-state index in [-0.39, 0.29) is 23.1 Å². The Morgan fingerprint density at radius 3 is 2.70 bits per heavy atom. The molecule has 162 valence electrons. The van der Waals surface area contributed by atoms with E-state index in [1.54, 1.807) is 6.07 Å². The molecule has 0 aliphatic carbocycles. The number of likely N-dealkylation sites (tertiary alicyclic amines) is 1. The lowest BCUT2D eigenvalue weighted by atomic mass is 9.76. The summed E-state index contributed by atoms with van der Waals surface area (Å²) in [5, 5.41) is 0. The highest BCUT2D eigenvalue weighted by atomic mass is 19.2. The van der Waals surface area contributed by atoms with Gasteiger partial charge in [0.25, 0.3) is 5.56 Å². The molecule has 1 aromatic heterocycles. The van der Waals surface area contributed by atoms with Gasteiger partial charge >= 0.3 is 0 Å². The number of halogens is 2. The molecule has 1 aromatic carbocycles. The normalized spacial score (nSPS) is 23.5. The van der Waals surface area contributed by atoms with Crippen molar-refractivity contribution < 1.29 is 13.5 Å². The average Bonchev–Trinajstić information content (AvgIpc) is 2.72. The Labute approximate surface area is 176 Å². The second-order valence-electron chi connectivity index (χ2n) is 9.13. The summed E-state index contributed by atoms with van der Waals surface area (Å²) < 4.78 is 35.7. The molecular weight excluding hydrogens is 386 g/mol. The number of hydrogen-bond acceptors (Lipinski definition) is 3. The van der Waals surface area contributed by atoms with Crippen molar-refractivity contribution in [2.45, 2.75) is 51.6 Å². The summed E-state index contributed by atoms with van der Waals surface area (Å²) in [6.07, 6.45) is 3.04. The predicted octanol–water partition coefficient (Wildman–Crippen LogP) is 4.73.